The third-order valence-electron chi connectivity index (χ3n) is 2.61. The first-order valence-electron chi connectivity index (χ1n) is 5.42. The SMILES string of the molecule is CC(C)(N)Cc1ccc(Cl)c2ccccc12. The second-order valence-corrected chi connectivity index (χ2v) is 5.32. The van der Waals surface area contributed by atoms with E-state index >= 15 is 0 Å². The maximum absolute atomic E-state index is 6.17. The van der Waals surface area contributed by atoms with E-state index in [1.54, 1.807) is 0 Å². The molecule has 0 aliphatic carbocycles. The van der Waals surface area contributed by atoms with Crippen molar-refractivity contribution in [2.24, 2.45) is 5.73 Å². The molecule has 2 aromatic rings. The highest BCUT2D eigenvalue weighted by Gasteiger charge is 2.14. The van der Waals surface area contributed by atoms with Gasteiger partial charge in [0.05, 0.1) is 0 Å². The molecule has 0 saturated carbocycles. The van der Waals surface area contributed by atoms with E-state index < -0.39 is 0 Å². The molecule has 2 N–H and O–H groups in total. The fraction of sp³-hybridized carbons (Fsp3) is 0.286. The molecule has 2 rings (SSSR count). The third-order valence-corrected chi connectivity index (χ3v) is 2.94. The first kappa shape index (κ1) is 11.4. The van der Waals surface area contributed by atoms with E-state index in [0.29, 0.717) is 0 Å². The lowest BCUT2D eigenvalue weighted by molar-refractivity contribution is 0.518. The quantitative estimate of drug-likeness (QED) is 0.840. The molecular formula is C14H16ClN. The first-order chi connectivity index (χ1) is 7.47. The van der Waals surface area contributed by atoms with Crippen molar-refractivity contribution in [3.05, 3.63) is 47.0 Å². The molecule has 0 atom stereocenters. The molecule has 0 spiro atoms. The van der Waals surface area contributed by atoms with Crippen molar-refractivity contribution in [2.75, 3.05) is 0 Å². The summed E-state index contributed by atoms with van der Waals surface area (Å²) in [5, 5.41) is 3.11. The molecule has 0 aliphatic heterocycles. The van der Waals surface area contributed by atoms with Crippen molar-refractivity contribution in [2.45, 2.75) is 25.8 Å². The second kappa shape index (κ2) is 4.08. The van der Waals surface area contributed by atoms with Gasteiger partial charge in [-0.1, -0.05) is 41.9 Å². The predicted octanol–water partition coefficient (Wildman–Crippen LogP) is 3.77. The van der Waals surface area contributed by atoms with Crippen molar-refractivity contribution >= 4 is 22.4 Å². The lowest BCUT2D eigenvalue weighted by atomic mass is 9.92. The third kappa shape index (κ3) is 2.37. The monoisotopic (exact) mass is 233 g/mol. The highest BCUT2D eigenvalue weighted by atomic mass is 35.5. The molecule has 2 heteroatoms. The minimum absolute atomic E-state index is 0.198. The van der Waals surface area contributed by atoms with Crippen molar-refractivity contribution < 1.29 is 0 Å². The Hall–Kier alpha value is -1.05. The maximum atomic E-state index is 6.17. The van der Waals surface area contributed by atoms with Crippen molar-refractivity contribution in [3.8, 4) is 0 Å². The van der Waals surface area contributed by atoms with Gasteiger partial charge in [0.25, 0.3) is 0 Å². The summed E-state index contributed by atoms with van der Waals surface area (Å²) in [6, 6.07) is 12.2. The molecule has 84 valence electrons. The summed E-state index contributed by atoms with van der Waals surface area (Å²) in [4.78, 5) is 0. The van der Waals surface area contributed by atoms with Crippen molar-refractivity contribution in [3.63, 3.8) is 0 Å². The summed E-state index contributed by atoms with van der Waals surface area (Å²) in [5.74, 6) is 0. The van der Waals surface area contributed by atoms with Gasteiger partial charge in [-0.25, -0.2) is 0 Å². The maximum Gasteiger partial charge on any atom is 0.0484 e. The van der Waals surface area contributed by atoms with E-state index in [1.165, 1.54) is 10.9 Å². The molecule has 16 heavy (non-hydrogen) atoms. The Labute approximate surface area is 101 Å². The molecule has 0 heterocycles. The lowest BCUT2D eigenvalue weighted by Crippen LogP contribution is -2.34. The molecule has 0 radical (unpaired) electrons. The first-order valence-corrected chi connectivity index (χ1v) is 5.80. The zero-order chi connectivity index (χ0) is 11.8. The Balaban J connectivity index is 2.59. The second-order valence-electron chi connectivity index (χ2n) is 4.92. The molecule has 0 aromatic heterocycles. The summed E-state index contributed by atoms with van der Waals surface area (Å²) >= 11 is 6.17. The van der Waals surface area contributed by atoms with Gasteiger partial charge in [0.15, 0.2) is 0 Å². The fourth-order valence-corrected chi connectivity index (χ4v) is 2.20. The molecule has 0 bridgehead atoms. The molecule has 0 aliphatic rings. The van der Waals surface area contributed by atoms with Crippen LogP contribution in [0.25, 0.3) is 10.8 Å². The fourth-order valence-electron chi connectivity index (χ4n) is 1.97. The largest absolute Gasteiger partial charge is 0.325 e. The van der Waals surface area contributed by atoms with Gasteiger partial charge >= 0.3 is 0 Å². The Bertz CT molecular complexity index is 512. The number of halogens is 1. The number of rotatable bonds is 2. The van der Waals surface area contributed by atoms with Crippen LogP contribution >= 0.6 is 11.6 Å². The van der Waals surface area contributed by atoms with Crippen LogP contribution in [0.15, 0.2) is 36.4 Å². The number of fused-ring (bicyclic) bond motifs is 1. The Morgan fingerprint density at radius 1 is 1.06 bits per heavy atom. The minimum atomic E-state index is -0.198. The van der Waals surface area contributed by atoms with Crippen LogP contribution in [-0.4, -0.2) is 5.54 Å². The van der Waals surface area contributed by atoms with Gasteiger partial charge in [0.2, 0.25) is 0 Å². The zero-order valence-corrected chi connectivity index (χ0v) is 10.4. The normalized spacial score (nSPS) is 12.0. The lowest BCUT2D eigenvalue weighted by Gasteiger charge is -2.19. The molecule has 2 aromatic carbocycles. The van der Waals surface area contributed by atoms with Crippen LogP contribution in [0.4, 0.5) is 0 Å². The van der Waals surface area contributed by atoms with Gasteiger partial charge in [-0.05, 0) is 37.3 Å². The van der Waals surface area contributed by atoms with Crippen LogP contribution in [0.3, 0.4) is 0 Å². The van der Waals surface area contributed by atoms with Crippen LogP contribution < -0.4 is 5.73 Å². The van der Waals surface area contributed by atoms with Gasteiger partial charge < -0.3 is 5.73 Å². The highest BCUT2D eigenvalue weighted by molar-refractivity contribution is 6.35. The molecule has 1 nitrogen and oxygen atoms in total. The van der Waals surface area contributed by atoms with Gasteiger partial charge in [-0.3, -0.25) is 0 Å². The highest BCUT2D eigenvalue weighted by Crippen LogP contribution is 2.28. The topological polar surface area (TPSA) is 26.0 Å². The van der Waals surface area contributed by atoms with Gasteiger partial charge in [0, 0.05) is 15.9 Å². The molecular weight excluding hydrogens is 218 g/mol. The molecule has 0 unspecified atom stereocenters. The Morgan fingerprint density at radius 3 is 2.31 bits per heavy atom. The smallest absolute Gasteiger partial charge is 0.0484 e. The molecule has 0 saturated heterocycles. The van der Waals surface area contributed by atoms with E-state index in [1.807, 2.05) is 38.1 Å². The average Bonchev–Trinajstić information content (AvgIpc) is 2.21. The van der Waals surface area contributed by atoms with Crippen LogP contribution in [0, 0.1) is 0 Å². The number of hydrogen-bond acceptors (Lipinski definition) is 1. The van der Waals surface area contributed by atoms with E-state index in [0.717, 1.165) is 16.8 Å². The van der Waals surface area contributed by atoms with E-state index in [4.69, 9.17) is 17.3 Å². The number of hydrogen-bond donors (Lipinski definition) is 1. The summed E-state index contributed by atoms with van der Waals surface area (Å²) < 4.78 is 0. The summed E-state index contributed by atoms with van der Waals surface area (Å²) in [6.07, 6.45) is 0.852. The molecule has 0 fully saturated rings. The van der Waals surface area contributed by atoms with E-state index in [-0.39, 0.29) is 5.54 Å². The van der Waals surface area contributed by atoms with Crippen LogP contribution in [-0.2, 0) is 6.42 Å². The van der Waals surface area contributed by atoms with Gasteiger partial charge in [-0.2, -0.15) is 0 Å². The average molecular weight is 234 g/mol. The zero-order valence-electron chi connectivity index (χ0n) is 9.63. The minimum Gasteiger partial charge on any atom is -0.325 e. The Morgan fingerprint density at radius 2 is 1.69 bits per heavy atom. The Kier molecular flexibility index (Phi) is 2.92. The van der Waals surface area contributed by atoms with E-state index in [2.05, 4.69) is 12.1 Å². The summed E-state index contributed by atoms with van der Waals surface area (Å²) in [7, 11) is 0. The summed E-state index contributed by atoms with van der Waals surface area (Å²) in [6.45, 7) is 4.08. The number of nitrogens with two attached hydrogens (primary N) is 1. The summed E-state index contributed by atoms with van der Waals surface area (Å²) in [5.41, 5.74) is 7.12. The van der Waals surface area contributed by atoms with Crippen LogP contribution in [0.2, 0.25) is 5.02 Å². The standard InChI is InChI=1S/C14H16ClN/c1-14(2,16)9-10-7-8-13(15)12-6-4-3-5-11(10)12/h3-8H,9,16H2,1-2H3. The molecule has 0 amide bonds. The van der Waals surface area contributed by atoms with Gasteiger partial charge in [-0.15, -0.1) is 0 Å². The van der Waals surface area contributed by atoms with Crippen LogP contribution in [0.5, 0.6) is 0 Å². The van der Waals surface area contributed by atoms with Gasteiger partial charge in [0.1, 0.15) is 0 Å². The van der Waals surface area contributed by atoms with Crippen molar-refractivity contribution in [1.82, 2.24) is 0 Å². The number of benzene rings is 2. The van der Waals surface area contributed by atoms with Crippen LogP contribution in [0.1, 0.15) is 19.4 Å². The van der Waals surface area contributed by atoms with Crippen molar-refractivity contribution in [1.29, 1.82) is 0 Å². The predicted molar refractivity (Wildman–Crippen MR) is 70.9 cm³/mol. The van der Waals surface area contributed by atoms with E-state index in [9.17, 15) is 0 Å².